The number of carbonyl (C=O) groups is 2. The van der Waals surface area contributed by atoms with Crippen LogP contribution in [0.1, 0.15) is 42.1 Å². The van der Waals surface area contributed by atoms with Crippen molar-refractivity contribution in [1.29, 1.82) is 0 Å². The Morgan fingerprint density at radius 2 is 1.79 bits per heavy atom. The van der Waals surface area contributed by atoms with Crippen LogP contribution in [-0.2, 0) is 9.59 Å². The molecule has 6 nitrogen and oxygen atoms in total. The number of benzene rings is 2. The minimum absolute atomic E-state index is 0.128. The first kappa shape index (κ1) is 24.5. The highest BCUT2D eigenvalue weighted by molar-refractivity contribution is 6.46. The Kier molecular flexibility index (Phi) is 7.59. The number of amides is 1. The fourth-order valence-corrected chi connectivity index (χ4v) is 4.01. The minimum atomic E-state index is -0.655. The van der Waals surface area contributed by atoms with E-state index in [0.29, 0.717) is 31.2 Å². The maximum atomic E-state index is 13.2. The topological polar surface area (TPSA) is 70.1 Å². The second-order valence-electron chi connectivity index (χ2n) is 9.34. The number of hydrogen-bond acceptors (Lipinski definition) is 5. The molecule has 0 spiro atoms. The molecule has 1 aliphatic heterocycles. The van der Waals surface area contributed by atoms with Crippen LogP contribution >= 0.6 is 0 Å². The van der Waals surface area contributed by atoms with Crippen molar-refractivity contribution in [2.75, 3.05) is 33.8 Å². The highest BCUT2D eigenvalue weighted by atomic mass is 16.5. The van der Waals surface area contributed by atoms with Crippen molar-refractivity contribution < 1.29 is 19.4 Å². The van der Waals surface area contributed by atoms with Gasteiger partial charge in [0.25, 0.3) is 11.7 Å². The second kappa shape index (κ2) is 10.2. The Balaban J connectivity index is 2.09. The zero-order valence-electron chi connectivity index (χ0n) is 20.4. The van der Waals surface area contributed by atoms with Crippen LogP contribution in [0.3, 0.4) is 0 Å². The predicted octanol–water partition coefficient (Wildman–Crippen LogP) is 4.32. The third-order valence-electron chi connectivity index (χ3n) is 5.83. The number of likely N-dealkylation sites (N-methyl/N-ethyl adjacent to an activating group) is 1. The van der Waals surface area contributed by atoms with E-state index >= 15 is 0 Å². The predicted molar refractivity (Wildman–Crippen MR) is 130 cm³/mol. The molecule has 33 heavy (non-hydrogen) atoms. The third-order valence-corrected chi connectivity index (χ3v) is 5.83. The molecule has 2 aromatic carbocycles. The molecule has 1 atom stereocenters. The molecule has 1 aliphatic rings. The molecule has 0 bridgehead atoms. The summed E-state index contributed by atoms with van der Waals surface area (Å²) in [5, 5.41) is 11.3. The monoisotopic (exact) mass is 450 g/mol. The largest absolute Gasteiger partial charge is 0.507 e. The van der Waals surface area contributed by atoms with Crippen molar-refractivity contribution in [2.24, 2.45) is 5.92 Å². The van der Waals surface area contributed by atoms with Gasteiger partial charge in [-0.2, -0.15) is 0 Å². The number of aryl methyl sites for hydroxylation is 2. The van der Waals surface area contributed by atoms with Gasteiger partial charge in [0.1, 0.15) is 11.5 Å². The number of ketones is 1. The zero-order valence-corrected chi connectivity index (χ0v) is 20.4. The Hall–Kier alpha value is -3.12. The highest BCUT2D eigenvalue weighted by Crippen LogP contribution is 2.40. The van der Waals surface area contributed by atoms with E-state index in [0.717, 1.165) is 22.4 Å². The summed E-state index contributed by atoms with van der Waals surface area (Å²) in [6.07, 6.45) is 0. The molecule has 1 heterocycles. The van der Waals surface area contributed by atoms with E-state index in [4.69, 9.17) is 4.74 Å². The Labute approximate surface area is 196 Å². The average Bonchev–Trinajstić information content (AvgIpc) is 3.01. The lowest BCUT2D eigenvalue weighted by Crippen LogP contribution is -2.35. The first-order valence-electron chi connectivity index (χ1n) is 11.3. The van der Waals surface area contributed by atoms with Gasteiger partial charge >= 0.3 is 0 Å². The van der Waals surface area contributed by atoms with Gasteiger partial charge in [0.05, 0.1) is 18.2 Å². The van der Waals surface area contributed by atoms with Gasteiger partial charge in [0.2, 0.25) is 0 Å². The second-order valence-corrected chi connectivity index (χ2v) is 9.34. The van der Waals surface area contributed by atoms with Crippen molar-refractivity contribution in [1.82, 2.24) is 9.80 Å². The van der Waals surface area contributed by atoms with Crippen LogP contribution in [-0.4, -0.2) is 60.4 Å². The fourth-order valence-electron chi connectivity index (χ4n) is 4.01. The maximum absolute atomic E-state index is 13.2. The first-order valence-corrected chi connectivity index (χ1v) is 11.3. The summed E-state index contributed by atoms with van der Waals surface area (Å²) in [6.45, 7) is 9.60. The molecule has 6 heteroatoms. The van der Waals surface area contributed by atoms with Crippen LogP contribution in [0.2, 0.25) is 0 Å². The molecule has 0 aromatic heterocycles. The Morgan fingerprint density at radius 3 is 2.39 bits per heavy atom. The fraction of sp³-hybridized carbons (Fsp3) is 0.407. The van der Waals surface area contributed by atoms with Gasteiger partial charge in [0, 0.05) is 18.7 Å². The molecular formula is C27H34N2O4. The number of rotatable bonds is 8. The molecule has 0 saturated carbocycles. The van der Waals surface area contributed by atoms with Crippen molar-refractivity contribution >= 4 is 17.4 Å². The molecule has 1 saturated heterocycles. The lowest BCUT2D eigenvalue weighted by atomic mass is 9.92. The summed E-state index contributed by atoms with van der Waals surface area (Å²) in [5.41, 5.74) is 3.27. The molecule has 176 valence electrons. The minimum Gasteiger partial charge on any atom is -0.507 e. The van der Waals surface area contributed by atoms with Gasteiger partial charge in [-0.15, -0.1) is 0 Å². The van der Waals surface area contributed by atoms with Crippen LogP contribution in [0.15, 0.2) is 48.0 Å². The lowest BCUT2D eigenvalue weighted by molar-refractivity contribution is -0.140. The van der Waals surface area contributed by atoms with Crippen molar-refractivity contribution in [2.45, 2.75) is 33.7 Å². The summed E-state index contributed by atoms with van der Waals surface area (Å²) in [5.74, 6) is -0.267. The third kappa shape index (κ3) is 5.28. The van der Waals surface area contributed by atoms with E-state index in [1.54, 1.807) is 23.1 Å². The van der Waals surface area contributed by atoms with E-state index in [1.165, 1.54) is 0 Å². The number of likely N-dealkylation sites (tertiary alicyclic amines) is 1. The van der Waals surface area contributed by atoms with Gasteiger partial charge in [0.15, 0.2) is 0 Å². The lowest BCUT2D eigenvalue weighted by Gasteiger charge is -2.27. The molecule has 0 aliphatic carbocycles. The van der Waals surface area contributed by atoms with Gasteiger partial charge in [-0.05, 0) is 68.8 Å². The Bertz CT molecular complexity index is 1070. The zero-order chi connectivity index (χ0) is 24.3. The number of aliphatic hydroxyl groups is 1. The smallest absolute Gasteiger partial charge is 0.295 e. The van der Waals surface area contributed by atoms with Gasteiger partial charge < -0.3 is 19.6 Å². The number of Topliss-reactive ketones (excluding diaryl/α,β-unsaturated/α-hetero) is 1. The van der Waals surface area contributed by atoms with Gasteiger partial charge in [-0.1, -0.05) is 38.1 Å². The van der Waals surface area contributed by atoms with Crippen LogP contribution in [0, 0.1) is 19.8 Å². The van der Waals surface area contributed by atoms with Crippen molar-refractivity contribution in [3.63, 3.8) is 0 Å². The van der Waals surface area contributed by atoms with E-state index < -0.39 is 17.7 Å². The normalized spacial score (nSPS) is 17.9. The molecule has 1 unspecified atom stereocenters. The summed E-state index contributed by atoms with van der Waals surface area (Å²) in [4.78, 5) is 29.7. The summed E-state index contributed by atoms with van der Waals surface area (Å²) < 4.78 is 5.84. The number of aliphatic hydroxyl groups excluding tert-OH is 1. The Morgan fingerprint density at radius 1 is 1.09 bits per heavy atom. The summed E-state index contributed by atoms with van der Waals surface area (Å²) in [6, 6.07) is 12.4. The van der Waals surface area contributed by atoms with Crippen molar-refractivity contribution in [3.8, 4) is 5.75 Å². The maximum Gasteiger partial charge on any atom is 0.295 e. The van der Waals surface area contributed by atoms with Crippen LogP contribution < -0.4 is 4.74 Å². The number of hydrogen-bond donors (Lipinski definition) is 1. The number of carbonyl (C=O) groups excluding carboxylic acids is 2. The SMILES string of the molecule is Cc1cc(/C(O)=C2\C(=O)C(=O)N(CCN(C)C)C2c2ccccc2C)ccc1OCC(C)C. The summed E-state index contributed by atoms with van der Waals surface area (Å²) >= 11 is 0. The average molecular weight is 451 g/mol. The quantitative estimate of drug-likeness (QED) is 0.368. The highest BCUT2D eigenvalue weighted by Gasteiger charge is 2.46. The molecule has 1 N–H and O–H groups in total. The number of nitrogens with zero attached hydrogens (tertiary/aromatic N) is 2. The van der Waals surface area contributed by atoms with Crippen LogP contribution in [0.4, 0.5) is 0 Å². The number of ether oxygens (including phenoxy) is 1. The van der Waals surface area contributed by atoms with E-state index in [2.05, 4.69) is 13.8 Å². The standard InChI is InChI=1S/C27H34N2O4/c1-17(2)16-33-22-12-11-20(15-19(22)4)25(30)23-24(21-10-8-7-9-18(21)3)29(14-13-28(5)6)27(32)26(23)31/h7-12,15,17,24,30H,13-14,16H2,1-6H3/b25-23+. The molecule has 3 rings (SSSR count). The molecule has 2 aromatic rings. The van der Waals surface area contributed by atoms with E-state index in [-0.39, 0.29) is 11.3 Å². The van der Waals surface area contributed by atoms with E-state index in [1.807, 2.05) is 57.1 Å². The van der Waals surface area contributed by atoms with E-state index in [9.17, 15) is 14.7 Å². The molecule has 0 radical (unpaired) electrons. The van der Waals surface area contributed by atoms with Gasteiger partial charge in [-0.3, -0.25) is 9.59 Å². The molecule has 1 amide bonds. The molecule has 1 fully saturated rings. The first-order chi connectivity index (χ1) is 15.6. The molecular weight excluding hydrogens is 416 g/mol. The summed E-state index contributed by atoms with van der Waals surface area (Å²) in [7, 11) is 3.84. The van der Waals surface area contributed by atoms with Crippen LogP contribution in [0.5, 0.6) is 5.75 Å². The van der Waals surface area contributed by atoms with Crippen molar-refractivity contribution in [3.05, 3.63) is 70.3 Å². The van der Waals surface area contributed by atoms with Crippen LogP contribution in [0.25, 0.3) is 5.76 Å². The van der Waals surface area contributed by atoms with Gasteiger partial charge in [-0.25, -0.2) is 0 Å².